The Morgan fingerprint density at radius 2 is 1.73 bits per heavy atom. The minimum atomic E-state index is -1.01. The molecule has 3 aromatic rings. The van der Waals surface area contributed by atoms with E-state index in [0.717, 1.165) is 16.7 Å². The van der Waals surface area contributed by atoms with Crippen LogP contribution >= 0.6 is 0 Å². The van der Waals surface area contributed by atoms with Crippen LogP contribution in [0.5, 0.6) is 0 Å². The van der Waals surface area contributed by atoms with Crippen molar-refractivity contribution in [1.82, 2.24) is 9.88 Å². The number of nitrogens with zero attached hydrogens (tertiary/aromatic N) is 1. The fraction of sp³-hybridized carbons (Fsp3) is 0.296. The molecule has 0 radical (unpaired) electrons. The highest BCUT2D eigenvalue weighted by Gasteiger charge is 2.26. The summed E-state index contributed by atoms with van der Waals surface area (Å²) in [5.74, 6) is -1.22. The molecule has 1 heterocycles. The lowest BCUT2D eigenvalue weighted by atomic mass is 9.95. The average molecular weight is 447 g/mol. The van der Waals surface area contributed by atoms with E-state index in [1.807, 2.05) is 69.3 Å². The van der Waals surface area contributed by atoms with Gasteiger partial charge in [-0.05, 0) is 53.6 Å². The fourth-order valence-electron chi connectivity index (χ4n) is 4.01. The largest absolute Gasteiger partial charge is 0.481 e. The van der Waals surface area contributed by atoms with E-state index in [1.165, 1.54) is 10.6 Å². The smallest absolute Gasteiger partial charge is 0.305 e. The van der Waals surface area contributed by atoms with Gasteiger partial charge >= 0.3 is 5.97 Å². The molecule has 0 aliphatic heterocycles. The Bertz CT molecular complexity index is 1180. The first-order valence-corrected chi connectivity index (χ1v) is 11.1. The van der Waals surface area contributed by atoms with E-state index in [2.05, 4.69) is 5.32 Å². The van der Waals surface area contributed by atoms with Crippen molar-refractivity contribution in [1.29, 1.82) is 0 Å². The Labute approximate surface area is 193 Å². The number of aryl methyl sites for hydroxylation is 1. The van der Waals surface area contributed by atoms with E-state index in [1.54, 1.807) is 18.3 Å². The standard InChI is InChI=1S/C27H30N2O4/c1-18(2)15-24(29-14-7-6-13-25(29)30)27(33)28-23(17-26(31)32)21-11-8-10-20(16-21)22-12-5-4-9-19(22)3/h4-14,16,18,23-24H,15,17H2,1-3H3,(H,28,33)(H,31,32)/t23-,24?/m0/s1. The van der Waals surface area contributed by atoms with Gasteiger partial charge in [0.15, 0.2) is 0 Å². The van der Waals surface area contributed by atoms with Gasteiger partial charge in [-0.1, -0.05) is 62.4 Å². The van der Waals surface area contributed by atoms with Crippen molar-refractivity contribution < 1.29 is 14.7 Å². The molecule has 0 aliphatic carbocycles. The quantitative estimate of drug-likeness (QED) is 0.497. The van der Waals surface area contributed by atoms with Gasteiger partial charge in [0.05, 0.1) is 12.5 Å². The number of rotatable bonds is 9. The Kier molecular flexibility index (Phi) is 7.83. The minimum Gasteiger partial charge on any atom is -0.481 e. The second kappa shape index (κ2) is 10.8. The van der Waals surface area contributed by atoms with Crippen LogP contribution in [0, 0.1) is 12.8 Å². The number of aliphatic carboxylic acids is 1. The number of carbonyl (C=O) groups is 2. The van der Waals surface area contributed by atoms with Gasteiger partial charge in [0.2, 0.25) is 5.91 Å². The van der Waals surface area contributed by atoms with Crippen LogP contribution in [-0.4, -0.2) is 21.6 Å². The summed E-state index contributed by atoms with van der Waals surface area (Å²) in [5.41, 5.74) is 3.54. The third kappa shape index (κ3) is 6.19. The molecular weight excluding hydrogens is 416 g/mol. The molecule has 1 unspecified atom stereocenters. The Morgan fingerprint density at radius 1 is 1.00 bits per heavy atom. The maximum Gasteiger partial charge on any atom is 0.305 e. The number of carboxylic acid groups (broad SMARTS) is 1. The summed E-state index contributed by atoms with van der Waals surface area (Å²) in [4.78, 5) is 37.4. The van der Waals surface area contributed by atoms with Gasteiger partial charge < -0.3 is 15.0 Å². The molecule has 0 bridgehead atoms. The number of aromatic nitrogens is 1. The zero-order valence-corrected chi connectivity index (χ0v) is 19.2. The molecule has 0 saturated carbocycles. The van der Waals surface area contributed by atoms with E-state index in [0.29, 0.717) is 12.0 Å². The van der Waals surface area contributed by atoms with Crippen molar-refractivity contribution in [3.05, 3.63) is 94.4 Å². The van der Waals surface area contributed by atoms with Crippen LogP contribution < -0.4 is 10.9 Å². The highest BCUT2D eigenvalue weighted by Crippen LogP contribution is 2.28. The number of carbonyl (C=O) groups excluding carboxylic acids is 1. The summed E-state index contributed by atoms with van der Waals surface area (Å²) in [7, 11) is 0. The summed E-state index contributed by atoms with van der Waals surface area (Å²) < 4.78 is 1.41. The molecule has 2 N–H and O–H groups in total. The Hall–Kier alpha value is -3.67. The Balaban J connectivity index is 1.95. The molecular formula is C27H30N2O4. The van der Waals surface area contributed by atoms with Crippen molar-refractivity contribution in [3.63, 3.8) is 0 Å². The molecule has 2 aromatic carbocycles. The summed E-state index contributed by atoms with van der Waals surface area (Å²) in [6, 6.07) is 18.8. The summed E-state index contributed by atoms with van der Waals surface area (Å²) in [5, 5.41) is 12.4. The van der Waals surface area contributed by atoms with Crippen LogP contribution in [0.25, 0.3) is 11.1 Å². The monoisotopic (exact) mass is 446 g/mol. The van der Waals surface area contributed by atoms with E-state index in [9.17, 15) is 19.5 Å². The fourth-order valence-corrected chi connectivity index (χ4v) is 4.01. The third-order valence-corrected chi connectivity index (χ3v) is 5.62. The predicted octanol–water partition coefficient (Wildman–Crippen LogP) is 4.74. The van der Waals surface area contributed by atoms with Crippen molar-refractivity contribution in [2.24, 2.45) is 5.92 Å². The lowest BCUT2D eigenvalue weighted by molar-refractivity contribution is -0.138. The van der Waals surface area contributed by atoms with Gasteiger partial charge in [-0.2, -0.15) is 0 Å². The van der Waals surface area contributed by atoms with E-state index < -0.39 is 18.1 Å². The van der Waals surface area contributed by atoms with E-state index in [4.69, 9.17) is 0 Å². The Morgan fingerprint density at radius 3 is 2.39 bits per heavy atom. The van der Waals surface area contributed by atoms with Gasteiger partial charge in [0.25, 0.3) is 5.56 Å². The van der Waals surface area contributed by atoms with Crippen LogP contribution in [0.4, 0.5) is 0 Å². The molecule has 0 fully saturated rings. The molecule has 0 saturated heterocycles. The van der Waals surface area contributed by atoms with Crippen LogP contribution in [0.3, 0.4) is 0 Å². The van der Waals surface area contributed by atoms with Crippen molar-refractivity contribution in [3.8, 4) is 11.1 Å². The number of hydrogen-bond donors (Lipinski definition) is 2. The maximum absolute atomic E-state index is 13.3. The first-order valence-electron chi connectivity index (χ1n) is 11.1. The molecule has 6 nitrogen and oxygen atoms in total. The molecule has 1 aromatic heterocycles. The van der Waals surface area contributed by atoms with E-state index in [-0.39, 0.29) is 23.8 Å². The van der Waals surface area contributed by atoms with Gasteiger partial charge in [-0.3, -0.25) is 14.4 Å². The highest BCUT2D eigenvalue weighted by atomic mass is 16.4. The summed E-state index contributed by atoms with van der Waals surface area (Å²) in [6.45, 7) is 5.98. The molecule has 172 valence electrons. The second-order valence-electron chi connectivity index (χ2n) is 8.69. The van der Waals surface area contributed by atoms with Crippen LogP contribution in [0.15, 0.2) is 77.7 Å². The van der Waals surface area contributed by atoms with Crippen molar-refractivity contribution >= 4 is 11.9 Å². The molecule has 33 heavy (non-hydrogen) atoms. The lowest BCUT2D eigenvalue weighted by Crippen LogP contribution is -2.39. The summed E-state index contributed by atoms with van der Waals surface area (Å²) >= 11 is 0. The number of pyridine rings is 1. The molecule has 1 amide bonds. The maximum atomic E-state index is 13.3. The number of amides is 1. The number of hydrogen-bond acceptors (Lipinski definition) is 3. The number of carboxylic acids is 1. The number of nitrogens with one attached hydrogen (secondary N) is 1. The van der Waals surface area contributed by atoms with Crippen molar-refractivity contribution in [2.45, 2.75) is 45.7 Å². The van der Waals surface area contributed by atoms with Crippen LogP contribution in [0.2, 0.25) is 0 Å². The normalized spacial score (nSPS) is 12.8. The molecule has 0 spiro atoms. The SMILES string of the molecule is Cc1ccccc1-c1cccc([C@H](CC(=O)O)NC(=O)C(CC(C)C)n2ccccc2=O)c1. The first-order chi connectivity index (χ1) is 15.8. The minimum absolute atomic E-state index is 0.162. The molecule has 0 aliphatic rings. The van der Waals surface area contributed by atoms with Gasteiger partial charge in [-0.15, -0.1) is 0 Å². The van der Waals surface area contributed by atoms with E-state index >= 15 is 0 Å². The molecule has 3 rings (SSSR count). The predicted molar refractivity (Wildman–Crippen MR) is 129 cm³/mol. The molecule has 2 atom stereocenters. The van der Waals surface area contributed by atoms with Crippen molar-refractivity contribution in [2.75, 3.05) is 0 Å². The second-order valence-corrected chi connectivity index (χ2v) is 8.69. The average Bonchev–Trinajstić information content (AvgIpc) is 2.77. The summed E-state index contributed by atoms with van der Waals surface area (Å²) in [6.07, 6.45) is 1.79. The molecule has 6 heteroatoms. The van der Waals surface area contributed by atoms with Gasteiger partial charge in [0, 0.05) is 12.3 Å². The zero-order valence-electron chi connectivity index (χ0n) is 19.2. The lowest BCUT2D eigenvalue weighted by Gasteiger charge is -2.25. The van der Waals surface area contributed by atoms with Gasteiger partial charge in [0.1, 0.15) is 6.04 Å². The first kappa shape index (κ1) is 24.0. The third-order valence-electron chi connectivity index (χ3n) is 5.62. The topological polar surface area (TPSA) is 88.4 Å². The van der Waals surface area contributed by atoms with Crippen LogP contribution in [0.1, 0.15) is 49.9 Å². The number of benzene rings is 2. The van der Waals surface area contributed by atoms with Crippen LogP contribution in [-0.2, 0) is 9.59 Å². The van der Waals surface area contributed by atoms with Gasteiger partial charge in [-0.25, -0.2) is 0 Å². The zero-order chi connectivity index (χ0) is 24.0. The highest BCUT2D eigenvalue weighted by molar-refractivity contribution is 5.82.